The van der Waals surface area contributed by atoms with Crippen LogP contribution in [0.1, 0.15) is 34.6 Å². The zero-order chi connectivity index (χ0) is 14.7. The molecule has 0 aliphatic rings. The quantitative estimate of drug-likeness (QED) is 0.760. The Morgan fingerprint density at radius 3 is 1.94 bits per heavy atom. The van der Waals surface area contributed by atoms with Gasteiger partial charge in [-0.05, 0) is 26.7 Å². The van der Waals surface area contributed by atoms with E-state index in [0.29, 0.717) is 0 Å². The van der Waals surface area contributed by atoms with Crippen molar-refractivity contribution < 1.29 is 23.1 Å². The molecule has 1 amide bonds. The van der Waals surface area contributed by atoms with Crippen molar-refractivity contribution in [3.8, 4) is 0 Å². The zero-order valence-corrected chi connectivity index (χ0v) is 12.2. The molecule has 0 saturated heterocycles. The van der Waals surface area contributed by atoms with Crippen molar-refractivity contribution in [1.29, 1.82) is 0 Å². The molecule has 0 radical (unpaired) electrons. The lowest BCUT2D eigenvalue weighted by Gasteiger charge is -2.21. The van der Waals surface area contributed by atoms with E-state index < -0.39 is 38.3 Å². The van der Waals surface area contributed by atoms with Gasteiger partial charge in [0.2, 0.25) is 5.91 Å². The second-order valence-corrected chi connectivity index (χ2v) is 8.24. The van der Waals surface area contributed by atoms with Crippen LogP contribution in [-0.4, -0.2) is 41.9 Å². The molecule has 0 aliphatic carbocycles. The summed E-state index contributed by atoms with van der Waals surface area (Å²) in [6, 6.07) is -1.08. The summed E-state index contributed by atoms with van der Waals surface area (Å²) < 4.78 is 22.5. The summed E-state index contributed by atoms with van der Waals surface area (Å²) in [6.07, 6.45) is 0. The smallest absolute Gasteiger partial charge is 0.326 e. The van der Waals surface area contributed by atoms with Crippen LogP contribution in [0.25, 0.3) is 0 Å². The number of aliphatic carboxylic acids is 1. The summed E-state index contributed by atoms with van der Waals surface area (Å²) in [5.41, 5.74) is 0. The molecule has 0 aliphatic heterocycles. The number of amides is 1. The van der Waals surface area contributed by atoms with Gasteiger partial charge in [0.25, 0.3) is 0 Å². The molecule has 2 N–H and O–H groups in total. The number of sulfone groups is 1. The summed E-state index contributed by atoms with van der Waals surface area (Å²) in [4.78, 5) is 22.4. The largest absolute Gasteiger partial charge is 0.480 e. The van der Waals surface area contributed by atoms with E-state index in [1.165, 1.54) is 20.8 Å². The standard InChI is InChI=1S/C11H21NO5S/c1-7(2)9(10(14)15)12-8(13)6-18(16,17)11(3,4)5/h7,9H,6H2,1-5H3,(H,12,13)(H,14,15). The Hall–Kier alpha value is -1.11. The maximum Gasteiger partial charge on any atom is 0.326 e. The Bertz CT molecular complexity index is 419. The average Bonchev–Trinajstić information content (AvgIpc) is 2.10. The van der Waals surface area contributed by atoms with Gasteiger partial charge in [0.15, 0.2) is 9.84 Å². The number of nitrogens with one attached hydrogen (secondary N) is 1. The first-order valence-corrected chi connectivity index (χ1v) is 7.28. The summed E-state index contributed by atoms with van der Waals surface area (Å²) in [7, 11) is -3.60. The first kappa shape index (κ1) is 16.9. The number of carboxylic acids is 1. The van der Waals surface area contributed by atoms with Gasteiger partial charge < -0.3 is 10.4 Å². The van der Waals surface area contributed by atoms with E-state index in [1.807, 2.05) is 0 Å². The molecule has 0 aromatic rings. The molecule has 0 aromatic carbocycles. The van der Waals surface area contributed by atoms with Crippen molar-refractivity contribution in [3.05, 3.63) is 0 Å². The molecule has 7 heteroatoms. The first-order valence-electron chi connectivity index (χ1n) is 5.63. The number of carbonyl (C=O) groups is 2. The van der Waals surface area contributed by atoms with Crippen LogP contribution < -0.4 is 5.32 Å². The molecule has 0 heterocycles. The third-order valence-electron chi connectivity index (χ3n) is 2.50. The molecule has 1 unspecified atom stereocenters. The molecule has 0 saturated carbocycles. The van der Waals surface area contributed by atoms with Gasteiger partial charge in [0, 0.05) is 0 Å². The van der Waals surface area contributed by atoms with Gasteiger partial charge in [-0.15, -0.1) is 0 Å². The van der Waals surface area contributed by atoms with E-state index in [9.17, 15) is 18.0 Å². The van der Waals surface area contributed by atoms with Crippen molar-refractivity contribution >= 4 is 21.7 Å². The number of carbonyl (C=O) groups excluding carboxylic acids is 1. The van der Waals surface area contributed by atoms with Crippen molar-refractivity contribution in [2.45, 2.75) is 45.4 Å². The third-order valence-corrected chi connectivity index (χ3v) is 5.01. The maximum absolute atomic E-state index is 11.8. The Morgan fingerprint density at radius 2 is 1.67 bits per heavy atom. The van der Waals surface area contributed by atoms with Gasteiger partial charge in [0.1, 0.15) is 11.8 Å². The Balaban J connectivity index is 4.77. The van der Waals surface area contributed by atoms with Crippen molar-refractivity contribution in [1.82, 2.24) is 5.32 Å². The normalized spacial score (nSPS) is 14.3. The third kappa shape index (κ3) is 4.64. The van der Waals surface area contributed by atoms with Crippen LogP contribution in [0.15, 0.2) is 0 Å². The minimum atomic E-state index is -3.60. The van der Waals surface area contributed by atoms with Crippen molar-refractivity contribution in [2.75, 3.05) is 5.75 Å². The molecule has 0 spiro atoms. The summed E-state index contributed by atoms with van der Waals surface area (Å²) >= 11 is 0. The minimum Gasteiger partial charge on any atom is -0.480 e. The fraction of sp³-hybridized carbons (Fsp3) is 0.818. The SMILES string of the molecule is CC(C)C(NC(=O)CS(=O)(=O)C(C)(C)C)C(=O)O. The van der Waals surface area contributed by atoms with Gasteiger partial charge in [0.05, 0.1) is 4.75 Å². The molecule has 0 bridgehead atoms. The Labute approximate surface area is 108 Å². The van der Waals surface area contributed by atoms with Crippen molar-refractivity contribution in [2.24, 2.45) is 5.92 Å². The van der Waals surface area contributed by atoms with Crippen LogP contribution in [-0.2, 0) is 19.4 Å². The second-order valence-electron chi connectivity index (χ2n) is 5.50. The zero-order valence-electron chi connectivity index (χ0n) is 11.4. The minimum absolute atomic E-state index is 0.316. The molecule has 1 atom stereocenters. The summed E-state index contributed by atoms with van der Waals surface area (Å²) in [5, 5.41) is 11.1. The number of rotatable bonds is 5. The maximum atomic E-state index is 11.8. The summed E-state index contributed by atoms with van der Waals surface area (Å²) in [5.74, 6) is -2.98. The van der Waals surface area contributed by atoms with Gasteiger partial charge in [-0.2, -0.15) is 0 Å². The Kier molecular flexibility index (Phi) is 5.34. The molecule has 0 aromatic heterocycles. The van der Waals surface area contributed by atoms with E-state index in [2.05, 4.69) is 5.32 Å². The topological polar surface area (TPSA) is 101 Å². The highest BCUT2D eigenvalue weighted by Crippen LogP contribution is 2.15. The molecule has 18 heavy (non-hydrogen) atoms. The highest BCUT2D eigenvalue weighted by atomic mass is 32.2. The molecule has 0 fully saturated rings. The fourth-order valence-corrected chi connectivity index (χ4v) is 1.98. The van der Waals surface area contributed by atoms with Gasteiger partial charge >= 0.3 is 5.97 Å². The number of hydrogen-bond donors (Lipinski definition) is 2. The van der Waals surface area contributed by atoms with E-state index in [1.54, 1.807) is 13.8 Å². The molecule has 0 rings (SSSR count). The lowest BCUT2D eigenvalue weighted by atomic mass is 10.1. The lowest BCUT2D eigenvalue weighted by molar-refractivity contribution is -0.142. The van der Waals surface area contributed by atoms with Crippen LogP contribution in [0.4, 0.5) is 0 Å². The Morgan fingerprint density at radius 1 is 1.22 bits per heavy atom. The van der Waals surface area contributed by atoms with Gasteiger partial charge in [-0.25, -0.2) is 13.2 Å². The highest BCUT2D eigenvalue weighted by molar-refractivity contribution is 7.93. The summed E-state index contributed by atoms with van der Waals surface area (Å²) in [6.45, 7) is 7.75. The predicted molar refractivity (Wildman–Crippen MR) is 67.9 cm³/mol. The van der Waals surface area contributed by atoms with Gasteiger partial charge in [-0.1, -0.05) is 13.8 Å². The van der Waals surface area contributed by atoms with Crippen LogP contribution in [0.5, 0.6) is 0 Å². The monoisotopic (exact) mass is 279 g/mol. The van der Waals surface area contributed by atoms with Crippen LogP contribution in [0.2, 0.25) is 0 Å². The van der Waals surface area contributed by atoms with Crippen molar-refractivity contribution in [3.63, 3.8) is 0 Å². The van der Waals surface area contributed by atoms with E-state index in [0.717, 1.165) is 0 Å². The highest BCUT2D eigenvalue weighted by Gasteiger charge is 2.33. The average molecular weight is 279 g/mol. The molecular formula is C11H21NO5S. The van der Waals surface area contributed by atoms with Crippen LogP contribution >= 0.6 is 0 Å². The molecule has 106 valence electrons. The fourth-order valence-electron chi connectivity index (χ4n) is 1.12. The van der Waals surface area contributed by atoms with Crippen LogP contribution in [0.3, 0.4) is 0 Å². The van der Waals surface area contributed by atoms with Gasteiger partial charge in [-0.3, -0.25) is 4.79 Å². The predicted octanol–water partition coefficient (Wildman–Crippen LogP) is 0.425. The van der Waals surface area contributed by atoms with E-state index in [4.69, 9.17) is 5.11 Å². The molecular weight excluding hydrogens is 258 g/mol. The van der Waals surface area contributed by atoms with E-state index >= 15 is 0 Å². The number of hydrogen-bond acceptors (Lipinski definition) is 4. The van der Waals surface area contributed by atoms with Crippen LogP contribution in [0, 0.1) is 5.92 Å². The second kappa shape index (κ2) is 5.69. The number of carboxylic acid groups (broad SMARTS) is 1. The molecule has 6 nitrogen and oxygen atoms in total. The lowest BCUT2D eigenvalue weighted by Crippen LogP contribution is -2.47. The van der Waals surface area contributed by atoms with E-state index in [-0.39, 0.29) is 5.92 Å². The first-order chi connectivity index (χ1) is 7.88.